The second-order valence-corrected chi connectivity index (χ2v) is 6.22. The number of ether oxygens (including phenoxy) is 1. The van der Waals surface area contributed by atoms with Crippen LogP contribution in [-0.2, 0) is 20.9 Å². The van der Waals surface area contributed by atoms with Crippen molar-refractivity contribution in [2.75, 3.05) is 26.3 Å². The lowest BCUT2D eigenvalue weighted by molar-refractivity contribution is -0.159. The molecular formula is C17H22N2O3. The van der Waals surface area contributed by atoms with Crippen molar-refractivity contribution < 1.29 is 14.3 Å². The van der Waals surface area contributed by atoms with Crippen molar-refractivity contribution in [1.29, 1.82) is 0 Å². The molecule has 2 aliphatic rings. The van der Waals surface area contributed by atoms with Crippen LogP contribution in [-0.4, -0.2) is 54.0 Å². The summed E-state index contributed by atoms with van der Waals surface area (Å²) < 4.78 is 5.33. The monoisotopic (exact) mass is 302 g/mol. The van der Waals surface area contributed by atoms with Gasteiger partial charge in [0.25, 0.3) is 0 Å². The molecule has 0 N–H and O–H groups in total. The lowest BCUT2D eigenvalue weighted by Gasteiger charge is -2.36. The van der Waals surface area contributed by atoms with Gasteiger partial charge in [0.2, 0.25) is 11.8 Å². The number of morpholine rings is 1. The van der Waals surface area contributed by atoms with Gasteiger partial charge >= 0.3 is 0 Å². The summed E-state index contributed by atoms with van der Waals surface area (Å²) in [6.45, 7) is 4.53. The molecule has 118 valence electrons. The molecule has 0 bridgehead atoms. The number of carbonyl (C=O) groups excluding carboxylic acids is 2. The van der Waals surface area contributed by atoms with Crippen molar-refractivity contribution in [3.63, 3.8) is 0 Å². The fourth-order valence-electron chi connectivity index (χ4n) is 3.13. The molecule has 0 saturated carbocycles. The lowest BCUT2D eigenvalue weighted by atomic mass is 10.1. The summed E-state index contributed by atoms with van der Waals surface area (Å²) >= 11 is 0. The molecule has 2 saturated heterocycles. The van der Waals surface area contributed by atoms with Gasteiger partial charge in [-0.25, -0.2) is 0 Å². The number of hydrogen-bond acceptors (Lipinski definition) is 3. The van der Waals surface area contributed by atoms with Crippen molar-refractivity contribution in [2.24, 2.45) is 5.92 Å². The summed E-state index contributed by atoms with van der Waals surface area (Å²) in [4.78, 5) is 28.5. The SMILES string of the molecule is C[C@@H]1CCN(C(=O)[C@H]2COCC(=O)N2Cc2ccccc2)C1. The van der Waals surface area contributed by atoms with Crippen LogP contribution in [0, 0.1) is 5.92 Å². The minimum atomic E-state index is -0.494. The summed E-state index contributed by atoms with van der Waals surface area (Å²) in [6, 6.07) is 9.29. The van der Waals surface area contributed by atoms with Crippen LogP contribution >= 0.6 is 0 Å². The fourth-order valence-corrected chi connectivity index (χ4v) is 3.13. The Morgan fingerprint density at radius 2 is 2.09 bits per heavy atom. The summed E-state index contributed by atoms with van der Waals surface area (Å²) in [7, 11) is 0. The zero-order valence-corrected chi connectivity index (χ0v) is 12.9. The van der Waals surface area contributed by atoms with Gasteiger partial charge in [-0.15, -0.1) is 0 Å². The first-order chi connectivity index (χ1) is 10.6. The van der Waals surface area contributed by atoms with E-state index in [0.717, 1.165) is 25.1 Å². The van der Waals surface area contributed by atoms with Gasteiger partial charge in [0, 0.05) is 19.6 Å². The summed E-state index contributed by atoms with van der Waals surface area (Å²) in [5.41, 5.74) is 1.03. The van der Waals surface area contributed by atoms with Gasteiger partial charge in [-0.1, -0.05) is 37.3 Å². The second-order valence-electron chi connectivity index (χ2n) is 6.22. The first-order valence-corrected chi connectivity index (χ1v) is 7.85. The summed E-state index contributed by atoms with van der Waals surface area (Å²) in [5, 5.41) is 0. The van der Waals surface area contributed by atoms with Crippen LogP contribution in [0.2, 0.25) is 0 Å². The Morgan fingerprint density at radius 3 is 2.77 bits per heavy atom. The molecule has 2 atom stereocenters. The van der Waals surface area contributed by atoms with E-state index in [2.05, 4.69) is 6.92 Å². The number of carbonyl (C=O) groups is 2. The average molecular weight is 302 g/mol. The van der Waals surface area contributed by atoms with E-state index in [1.54, 1.807) is 4.90 Å². The number of amides is 2. The standard InChI is InChI=1S/C17H22N2O3/c1-13-7-8-18(9-13)17(21)15-11-22-12-16(20)19(15)10-14-5-3-2-4-6-14/h2-6,13,15H,7-12H2,1H3/t13-,15-/m1/s1. The van der Waals surface area contributed by atoms with Crippen LogP contribution in [0.1, 0.15) is 18.9 Å². The third-order valence-corrected chi connectivity index (χ3v) is 4.41. The largest absolute Gasteiger partial charge is 0.369 e. The Morgan fingerprint density at radius 1 is 1.32 bits per heavy atom. The molecule has 0 unspecified atom stereocenters. The maximum atomic E-state index is 12.7. The number of nitrogens with zero attached hydrogens (tertiary/aromatic N) is 2. The minimum Gasteiger partial charge on any atom is -0.369 e. The number of hydrogen-bond donors (Lipinski definition) is 0. The van der Waals surface area contributed by atoms with E-state index in [1.807, 2.05) is 35.2 Å². The minimum absolute atomic E-state index is 0.0216. The molecule has 2 amide bonds. The van der Waals surface area contributed by atoms with Crippen LogP contribution in [0.25, 0.3) is 0 Å². The van der Waals surface area contributed by atoms with Crippen molar-refractivity contribution in [3.8, 4) is 0 Å². The van der Waals surface area contributed by atoms with Gasteiger partial charge < -0.3 is 14.5 Å². The molecule has 0 radical (unpaired) electrons. The molecule has 1 aromatic carbocycles. The van der Waals surface area contributed by atoms with Gasteiger partial charge in [0.15, 0.2) is 0 Å². The zero-order chi connectivity index (χ0) is 15.5. The van der Waals surface area contributed by atoms with E-state index in [0.29, 0.717) is 19.1 Å². The molecule has 2 fully saturated rings. The van der Waals surface area contributed by atoms with Gasteiger partial charge in [-0.05, 0) is 17.9 Å². The predicted molar refractivity (Wildman–Crippen MR) is 82.0 cm³/mol. The lowest BCUT2D eigenvalue weighted by Crippen LogP contribution is -2.56. The Bertz CT molecular complexity index is 546. The molecule has 0 aromatic heterocycles. The predicted octanol–water partition coefficient (Wildman–Crippen LogP) is 1.28. The Labute approximate surface area is 130 Å². The first kappa shape index (κ1) is 15.0. The second kappa shape index (κ2) is 6.48. The quantitative estimate of drug-likeness (QED) is 0.845. The van der Waals surface area contributed by atoms with Crippen molar-refractivity contribution in [3.05, 3.63) is 35.9 Å². The number of benzene rings is 1. The van der Waals surface area contributed by atoms with Crippen LogP contribution in [0.15, 0.2) is 30.3 Å². The number of likely N-dealkylation sites (tertiary alicyclic amines) is 1. The van der Waals surface area contributed by atoms with Gasteiger partial charge in [-0.3, -0.25) is 9.59 Å². The van der Waals surface area contributed by atoms with Crippen LogP contribution in [0.5, 0.6) is 0 Å². The van der Waals surface area contributed by atoms with E-state index >= 15 is 0 Å². The van der Waals surface area contributed by atoms with Gasteiger partial charge in [0.05, 0.1) is 6.61 Å². The highest BCUT2D eigenvalue weighted by Crippen LogP contribution is 2.20. The molecule has 2 aliphatic heterocycles. The maximum Gasteiger partial charge on any atom is 0.249 e. The topological polar surface area (TPSA) is 49.9 Å². The molecule has 5 heteroatoms. The van der Waals surface area contributed by atoms with E-state index in [9.17, 15) is 9.59 Å². The normalized spacial score (nSPS) is 25.6. The molecule has 2 heterocycles. The average Bonchev–Trinajstić information content (AvgIpc) is 2.96. The Hall–Kier alpha value is -1.88. The van der Waals surface area contributed by atoms with E-state index in [1.165, 1.54) is 0 Å². The first-order valence-electron chi connectivity index (χ1n) is 7.85. The highest BCUT2D eigenvalue weighted by Gasteiger charge is 2.37. The molecular weight excluding hydrogens is 280 g/mol. The van der Waals surface area contributed by atoms with E-state index in [4.69, 9.17) is 4.74 Å². The molecule has 5 nitrogen and oxygen atoms in total. The Kier molecular flexibility index (Phi) is 4.43. The van der Waals surface area contributed by atoms with Gasteiger partial charge in [-0.2, -0.15) is 0 Å². The van der Waals surface area contributed by atoms with Crippen LogP contribution < -0.4 is 0 Å². The highest BCUT2D eigenvalue weighted by molar-refractivity contribution is 5.89. The summed E-state index contributed by atoms with van der Waals surface area (Å²) in [5.74, 6) is 0.445. The smallest absolute Gasteiger partial charge is 0.249 e. The number of rotatable bonds is 3. The summed E-state index contributed by atoms with van der Waals surface area (Å²) in [6.07, 6.45) is 1.03. The third kappa shape index (κ3) is 3.14. The third-order valence-electron chi connectivity index (χ3n) is 4.41. The molecule has 0 aliphatic carbocycles. The van der Waals surface area contributed by atoms with Crippen molar-refractivity contribution in [1.82, 2.24) is 9.80 Å². The zero-order valence-electron chi connectivity index (χ0n) is 12.9. The maximum absolute atomic E-state index is 12.7. The fraction of sp³-hybridized carbons (Fsp3) is 0.529. The molecule has 22 heavy (non-hydrogen) atoms. The van der Waals surface area contributed by atoms with Gasteiger partial charge in [0.1, 0.15) is 12.6 Å². The molecule has 0 spiro atoms. The van der Waals surface area contributed by atoms with E-state index < -0.39 is 6.04 Å². The molecule has 1 aromatic rings. The van der Waals surface area contributed by atoms with E-state index in [-0.39, 0.29) is 18.4 Å². The van der Waals surface area contributed by atoms with Crippen LogP contribution in [0.4, 0.5) is 0 Å². The molecule has 3 rings (SSSR count). The Balaban J connectivity index is 1.75. The highest BCUT2D eigenvalue weighted by atomic mass is 16.5. The van der Waals surface area contributed by atoms with Crippen molar-refractivity contribution in [2.45, 2.75) is 25.9 Å². The van der Waals surface area contributed by atoms with Crippen LogP contribution in [0.3, 0.4) is 0 Å². The van der Waals surface area contributed by atoms with Crippen molar-refractivity contribution >= 4 is 11.8 Å².